The number of halogens is 2. The molecule has 0 bridgehead atoms. The Hall–Kier alpha value is -7.96. The van der Waals surface area contributed by atoms with Crippen LogP contribution in [0.1, 0.15) is 123 Å². The molecule has 5 aliphatic heterocycles. The molecule has 472 valence electrons. The standard InChI is InChI=1S/C46H44FN3O4S.C28H33FN2O4S/c1-54-44-21-11-20-41(47)40(44)32-49-26-12-13-33(31-49)29-43(51)35-22-23-42-39(30-35)45(34-24-27-55(52,53)28-25-34)48-50(42)46(36-14-5-2-6-15-36,37-16-7-3-8-17-37)38-18-9-4-10-19-38;1-35-27-6-2-5-25(29)24(27)18-31-11-3-4-19(17-31)14-26(32)21-7-8-22-16-30-28(23(22)15-21)20-9-12-36(33,34)13-10-20/h2-11,14-24,30,33H,12-13,25-29,31-32H2,1H3;2,5-8,15,19-20H,3-4,9-14,16-18H2,1H3/t33-;19-/m00/s1. The molecule has 3 fully saturated rings. The van der Waals surface area contributed by atoms with Gasteiger partial charge in [0, 0.05) is 83.9 Å². The lowest BCUT2D eigenvalue weighted by Crippen LogP contribution is -2.38. The van der Waals surface area contributed by atoms with Crippen molar-refractivity contribution in [3.8, 4) is 11.5 Å². The minimum atomic E-state index is -3.19. The first-order valence-corrected chi connectivity index (χ1v) is 35.4. The lowest BCUT2D eigenvalue weighted by atomic mass is 9.77. The van der Waals surface area contributed by atoms with Crippen LogP contribution in [0.5, 0.6) is 11.5 Å². The van der Waals surface area contributed by atoms with E-state index in [4.69, 9.17) is 19.6 Å². The number of aliphatic imine (C=N–C) groups is 1. The Morgan fingerprint density at radius 3 is 1.62 bits per heavy atom. The second-order valence-corrected chi connectivity index (χ2v) is 29.5. The Kier molecular flexibility index (Phi) is 19.1. The predicted octanol–water partition coefficient (Wildman–Crippen LogP) is 13.2. The van der Waals surface area contributed by atoms with Crippen LogP contribution in [0.2, 0.25) is 0 Å². The van der Waals surface area contributed by atoms with Crippen LogP contribution in [0.4, 0.5) is 8.78 Å². The third kappa shape index (κ3) is 13.8. The number of hydrogen-bond donors (Lipinski definition) is 0. The van der Waals surface area contributed by atoms with E-state index in [0.717, 1.165) is 95.3 Å². The highest BCUT2D eigenvalue weighted by atomic mass is 32.2. The summed E-state index contributed by atoms with van der Waals surface area (Å²) in [5, 5.41) is 6.25. The highest BCUT2D eigenvalue weighted by Gasteiger charge is 2.42. The van der Waals surface area contributed by atoms with Crippen molar-refractivity contribution in [3.63, 3.8) is 0 Å². The number of rotatable bonds is 18. The van der Waals surface area contributed by atoms with Crippen LogP contribution in [0.25, 0.3) is 16.5 Å². The average molecular weight is 1270 g/mol. The highest BCUT2D eigenvalue weighted by molar-refractivity contribution is 7.91. The molecule has 1 aromatic heterocycles. The van der Waals surface area contributed by atoms with E-state index in [2.05, 4.69) is 50.9 Å². The van der Waals surface area contributed by atoms with E-state index in [9.17, 15) is 35.2 Å². The summed E-state index contributed by atoms with van der Waals surface area (Å²) in [6.07, 6.45) is 7.93. The Labute approximate surface area is 532 Å². The Morgan fingerprint density at radius 2 is 1.11 bits per heavy atom. The summed E-state index contributed by atoms with van der Waals surface area (Å²) >= 11 is 0. The van der Waals surface area contributed by atoms with Crippen LogP contribution in [0.15, 0.2) is 175 Å². The number of ketones is 2. The highest BCUT2D eigenvalue weighted by Crippen LogP contribution is 2.45. The van der Waals surface area contributed by atoms with E-state index in [1.165, 1.54) is 12.1 Å². The van der Waals surface area contributed by atoms with E-state index in [0.29, 0.717) is 97.7 Å². The molecule has 3 saturated heterocycles. The van der Waals surface area contributed by atoms with Crippen molar-refractivity contribution < 1.29 is 44.7 Å². The molecule has 0 amide bonds. The van der Waals surface area contributed by atoms with Crippen LogP contribution in [0, 0.1) is 29.4 Å². The molecule has 0 spiro atoms. The van der Waals surface area contributed by atoms with E-state index in [1.54, 1.807) is 44.6 Å². The van der Waals surface area contributed by atoms with E-state index < -0.39 is 25.2 Å². The fourth-order valence-corrected chi connectivity index (χ4v) is 17.0. The SMILES string of the molecule is COc1cccc(F)c1CN1CCC[C@@H](CC(=O)c2ccc3c(c2)C(C2CCS(=O)(=O)CC2)=NC3)C1.COc1cccc(F)c1CN1CCC[C@@H](CC(=O)c2ccc3c(c2)c(C2=CCS(=O)(=O)CC2)nn3C(c2ccccc2)(c2ccccc2)c2ccccc2)C1. The average Bonchev–Trinajstić information content (AvgIpc) is 1.65. The number of hydrogen-bond acceptors (Lipinski definition) is 12. The Morgan fingerprint density at radius 1 is 0.593 bits per heavy atom. The lowest BCUT2D eigenvalue weighted by Gasteiger charge is -2.37. The van der Waals surface area contributed by atoms with Crippen molar-refractivity contribution in [1.29, 1.82) is 0 Å². The lowest BCUT2D eigenvalue weighted by molar-refractivity contribution is 0.0903. The minimum absolute atomic E-state index is 0.0385. The molecule has 7 aromatic carbocycles. The maximum atomic E-state index is 14.8. The number of aromatic nitrogens is 2. The van der Waals surface area contributed by atoms with Gasteiger partial charge in [0.1, 0.15) is 38.5 Å². The number of benzene rings is 7. The van der Waals surface area contributed by atoms with Gasteiger partial charge in [-0.25, -0.2) is 30.3 Å². The number of allylic oxidation sites excluding steroid dienone is 1. The number of carbonyl (C=O) groups is 2. The first-order valence-electron chi connectivity index (χ1n) is 31.7. The van der Waals surface area contributed by atoms with Gasteiger partial charge >= 0.3 is 0 Å². The van der Waals surface area contributed by atoms with Crippen LogP contribution in [0.3, 0.4) is 0 Å². The van der Waals surface area contributed by atoms with Crippen molar-refractivity contribution in [2.45, 2.75) is 83.0 Å². The van der Waals surface area contributed by atoms with Crippen LogP contribution in [-0.2, 0) is 44.8 Å². The van der Waals surface area contributed by atoms with Crippen molar-refractivity contribution in [1.82, 2.24) is 19.6 Å². The number of carbonyl (C=O) groups excluding carboxylic acids is 2. The van der Waals surface area contributed by atoms with Gasteiger partial charge in [-0.05, 0) is 146 Å². The molecule has 0 N–H and O–H groups in total. The smallest absolute Gasteiger partial charge is 0.163 e. The maximum absolute atomic E-state index is 14.8. The molecular weight excluding hydrogens is 1190 g/mol. The molecule has 17 heteroatoms. The molecule has 13 rings (SSSR count). The maximum Gasteiger partial charge on any atom is 0.163 e. The zero-order chi connectivity index (χ0) is 63.3. The van der Waals surface area contributed by atoms with E-state index in [-0.39, 0.29) is 64.0 Å². The number of likely N-dealkylation sites (tertiary alicyclic amines) is 2. The van der Waals surface area contributed by atoms with Gasteiger partial charge in [-0.2, -0.15) is 5.10 Å². The normalized spacial score (nSPS) is 19.3. The molecular formula is C74H77F2N5O8S2. The van der Waals surface area contributed by atoms with Gasteiger partial charge in [0.15, 0.2) is 21.4 Å². The molecule has 5 aliphatic rings. The predicted molar refractivity (Wildman–Crippen MR) is 353 cm³/mol. The molecule has 0 radical (unpaired) electrons. The molecule has 0 unspecified atom stereocenters. The molecule has 0 aliphatic carbocycles. The first-order chi connectivity index (χ1) is 44.1. The van der Waals surface area contributed by atoms with Crippen molar-refractivity contribution in [3.05, 3.63) is 237 Å². The fourth-order valence-electron chi connectivity index (χ4n) is 14.4. The van der Waals surface area contributed by atoms with Gasteiger partial charge in [-0.15, -0.1) is 0 Å². The summed E-state index contributed by atoms with van der Waals surface area (Å²) in [5.74, 6) is 1.58. The number of fused-ring (bicyclic) bond motifs is 2. The van der Waals surface area contributed by atoms with Gasteiger partial charge in [0.25, 0.3) is 0 Å². The second kappa shape index (κ2) is 27.5. The minimum Gasteiger partial charge on any atom is -0.496 e. The molecule has 8 aromatic rings. The summed E-state index contributed by atoms with van der Waals surface area (Å²) in [6.45, 7) is 4.62. The van der Waals surface area contributed by atoms with Crippen LogP contribution in [-0.4, -0.2) is 117 Å². The summed E-state index contributed by atoms with van der Waals surface area (Å²) < 4.78 is 91.0. The summed E-state index contributed by atoms with van der Waals surface area (Å²) in [7, 11) is -3.02. The summed E-state index contributed by atoms with van der Waals surface area (Å²) in [5.41, 5.74) is 10.00. The summed E-state index contributed by atoms with van der Waals surface area (Å²) in [4.78, 5) is 36.6. The van der Waals surface area contributed by atoms with Crippen LogP contribution < -0.4 is 9.47 Å². The van der Waals surface area contributed by atoms with Crippen LogP contribution >= 0.6 is 0 Å². The van der Waals surface area contributed by atoms with Gasteiger partial charge in [0.2, 0.25) is 0 Å². The number of piperidine rings is 2. The number of Topliss-reactive ketones (excluding diaryl/α,β-unsaturated/α-hetero) is 2. The molecule has 0 saturated carbocycles. The van der Waals surface area contributed by atoms with Crippen molar-refractivity contribution in [2.24, 2.45) is 22.7 Å². The van der Waals surface area contributed by atoms with Crippen molar-refractivity contribution >= 4 is 53.4 Å². The topological polar surface area (TPSA) is 158 Å². The second-order valence-electron chi connectivity index (χ2n) is 25.0. The number of methoxy groups -OCH3 is 2. The Balaban J connectivity index is 0.000000192. The quantitative estimate of drug-likeness (QED) is 0.0595. The van der Waals surface area contributed by atoms with E-state index in [1.807, 2.05) is 91.0 Å². The zero-order valence-corrected chi connectivity index (χ0v) is 53.2. The largest absolute Gasteiger partial charge is 0.496 e. The number of ether oxygens (including phenoxy) is 2. The van der Waals surface area contributed by atoms with Gasteiger partial charge in [-0.1, -0.05) is 121 Å². The molecule has 13 nitrogen and oxygen atoms in total. The van der Waals surface area contributed by atoms with Gasteiger partial charge in [0.05, 0.1) is 55.0 Å². The monoisotopic (exact) mass is 1270 g/mol. The van der Waals surface area contributed by atoms with E-state index >= 15 is 0 Å². The molecule has 6 heterocycles. The molecule has 2 atom stereocenters. The first kappa shape index (κ1) is 63.2. The van der Waals surface area contributed by atoms with Gasteiger partial charge in [-0.3, -0.25) is 24.4 Å². The fraction of sp³-hybridized carbons (Fsp3) is 0.351. The van der Waals surface area contributed by atoms with Gasteiger partial charge < -0.3 is 9.47 Å². The van der Waals surface area contributed by atoms with Crippen molar-refractivity contribution in [2.75, 3.05) is 63.4 Å². The number of nitrogens with zero attached hydrogens (tertiary/aromatic N) is 5. The zero-order valence-electron chi connectivity index (χ0n) is 51.6. The third-order valence-electron chi connectivity index (χ3n) is 19.0. The Bertz CT molecular complexity index is 4160. The third-order valence-corrected chi connectivity index (χ3v) is 22.3. The summed E-state index contributed by atoms with van der Waals surface area (Å²) in [6, 6.07) is 52.4. The molecule has 91 heavy (non-hydrogen) atoms. The number of sulfone groups is 2.